The van der Waals surface area contributed by atoms with E-state index in [4.69, 9.17) is 23.8 Å². The number of halogens is 9. The molecule has 1 aromatic carbocycles. The Bertz CT molecular complexity index is 1660. The van der Waals surface area contributed by atoms with Gasteiger partial charge in [0.05, 0.1) is 51.6 Å². The van der Waals surface area contributed by atoms with E-state index in [9.17, 15) is 39.5 Å². The average Bonchev–Trinajstić information content (AvgIpc) is 3.55. The highest BCUT2D eigenvalue weighted by Crippen LogP contribution is 2.62. The third kappa shape index (κ3) is 15.4. The summed E-state index contributed by atoms with van der Waals surface area (Å²) in [5.74, 6) is 3.32. The molecule has 3 aliphatic rings. The second-order valence-corrected chi connectivity index (χ2v) is 24.2. The number of ether oxygens (including phenoxy) is 3. The largest absolute Gasteiger partial charge is 0.494 e. The molecular weight excluding hydrogens is 953 g/mol. The maximum atomic E-state index is 13.2. The number of alkyl halides is 9. The van der Waals surface area contributed by atoms with Crippen LogP contribution in [0.4, 0.5) is 39.5 Å². The molecule has 386 valence electrons. The number of benzene rings is 1. The van der Waals surface area contributed by atoms with Crippen molar-refractivity contribution in [1.82, 2.24) is 9.57 Å². The number of hydrogen-bond donors (Lipinski definition) is 0. The van der Waals surface area contributed by atoms with Gasteiger partial charge in [-0.2, -0.15) is 44.8 Å². The number of unbranched alkanes of at least 4 members (excludes halogenated alkanes) is 3. The molecule has 0 saturated heterocycles. The van der Waals surface area contributed by atoms with Crippen molar-refractivity contribution >= 4 is 30.1 Å². The van der Waals surface area contributed by atoms with Gasteiger partial charge in [-0.05, 0) is 153 Å². The van der Waals surface area contributed by atoms with Gasteiger partial charge in [0, 0.05) is 35.7 Å². The van der Waals surface area contributed by atoms with Crippen molar-refractivity contribution in [2.24, 2.45) is 17.3 Å². The lowest BCUT2D eigenvalue weighted by molar-refractivity contribution is -0.457. The number of aryl methyl sites for hydroxylation is 1. The molecule has 20 heteroatoms. The summed E-state index contributed by atoms with van der Waals surface area (Å²) in [5.41, 5.74) is -3.64. The van der Waals surface area contributed by atoms with Crippen LogP contribution in [-0.4, -0.2) is 116 Å². The first kappa shape index (κ1) is 58.3. The molecule has 2 fully saturated rings. The minimum Gasteiger partial charge on any atom is -0.494 e. The summed E-state index contributed by atoms with van der Waals surface area (Å²) in [6.07, 6.45) is -8.95. The zero-order valence-corrected chi connectivity index (χ0v) is 42.9. The Kier molecular flexibility index (Phi) is 22.1. The van der Waals surface area contributed by atoms with Crippen molar-refractivity contribution in [3.05, 3.63) is 29.3 Å². The van der Waals surface area contributed by atoms with E-state index in [1.165, 1.54) is 23.1 Å². The smallest absolute Gasteiger partial charge is 0.435 e. The van der Waals surface area contributed by atoms with Gasteiger partial charge >= 0.3 is 24.1 Å². The highest BCUT2D eigenvalue weighted by atomic mass is 33.1. The summed E-state index contributed by atoms with van der Waals surface area (Å²) in [5, 5.41) is 8.93. The van der Waals surface area contributed by atoms with E-state index in [1.54, 1.807) is 0 Å². The molecule has 6 atom stereocenters. The van der Waals surface area contributed by atoms with Crippen LogP contribution in [0.2, 0.25) is 0 Å². The molecule has 0 heterocycles. The van der Waals surface area contributed by atoms with E-state index < -0.39 is 45.8 Å². The third-order valence-electron chi connectivity index (χ3n) is 13.6. The molecule has 0 spiro atoms. The lowest BCUT2D eigenvalue weighted by Gasteiger charge is -2.50. The minimum absolute atomic E-state index is 0.0524. The number of likely N-dealkylation sites (N-methyl/N-ethyl adjacent to an activating group) is 1. The summed E-state index contributed by atoms with van der Waals surface area (Å²) < 4.78 is 150. The number of nitriles is 1. The van der Waals surface area contributed by atoms with Crippen LogP contribution in [0.5, 0.6) is 5.75 Å². The van der Waals surface area contributed by atoms with Crippen molar-refractivity contribution in [3.8, 4) is 11.8 Å². The molecule has 0 aromatic heterocycles. The molecule has 4 rings (SSSR count). The van der Waals surface area contributed by atoms with Crippen LogP contribution >= 0.6 is 30.1 Å². The van der Waals surface area contributed by atoms with E-state index >= 15 is 0 Å². The van der Waals surface area contributed by atoms with Gasteiger partial charge in [-0.15, -0.1) is 0 Å². The molecule has 0 amide bonds. The van der Waals surface area contributed by atoms with Gasteiger partial charge in [-0.3, -0.25) is 0 Å². The van der Waals surface area contributed by atoms with E-state index in [-0.39, 0.29) is 41.5 Å². The second kappa shape index (κ2) is 25.4. The van der Waals surface area contributed by atoms with E-state index in [1.807, 2.05) is 21.6 Å². The predicted molar refractivity (Wildman–Crippen MR) is 249 cm³/mol. The van der Waals surface area contributed by atoms with Gasteiger partial charge in [0.2, 0.25) is 0 Å². The average molecular weight is 1030 g/mol. The fourth-order valence-corrected chi connectivity index (χ4v) is 14.5. The topological polar surface area (TPSA) is 76.4 Å². The Morgan fingerprint density at radius 2 is 1.46 bits per heavy atom. The first-order valence-electron chi connectivity index (χ1n) is 23.7. The van der Waals surface area contributed by atoms with Crippen LogP contribution in [-0.2, 0) is 24.9 Å². The van der Waals surface area contributed by atoms with Crippen LogP contribution in [0.15, 0.2) is 18.2 Å². The van der Waals surface area contributed by atoms with Crippen LogP contribution in [0.25, 0.3) is 0 Å². The highest BCUT2D eigenvalue weighted by Gasteiger charge is 2.85. The molecular formula is C47H73F9N3O5PS2. The summed E-state index contributed by atoms with van der Waals surface area (Å²) in [6.45, 7) is 15.2. The van der Waals surface area contributed by atoms with E-state index in [0.717, 1.165) is 82.1 Å². The molecule has 4 unspecified atom stereocenters. The van der Waals surface area contributed by atoms with Crippen molar-refractivity contribution < 1.29 is 62.8 Å². The monoisotopic (exact) mass is 1030 g/mol. The number of fused-ring (bicyclic) bond motifs is 5. The fraction of sp³-hybridized carbons (Fsp3) is 0.851. The first-order chi connectivity index (χ1) is 31.3. The van der Waals surface area contributed by atoms with Crippen molar-refractivity contribution in [2.45, 2.75) is 178 Å². The second-order valence-electron chi connectivity index (χ2n) is 19.6. The van der Waals surface area contributed by atoms with Gasteiger partial charge in [0.25, 0.3) is 8.53 Å². The molecule has 0 radical (unpaired) electrons. The van der Waals surface area contributed by atoms with Crippen LogP contribution in [0, 0.1) is 28.6 Å². The van der Waals surface area contributed by atoms with Gasteiger partial charge in [0.1, 0.15) is 5.75 Å². The van der Waals surface area contributed by atoms with E-state index in [2.05, 4.69) is 82.1 Å². The zero-order valence-electron chi connectivity index (χ0n) is 40.4. The first-order valence-corrected chi connectivity index (χ1v) is 27.2. The van der Waals surface area contributed by atoms with Gasteiger partial charge in [-0.25, -0.2) is 4.67 Å². The maximum Gasteiger partial charge on any atom is 0.435 e. The van der Waals surface area contributed by atoms with Crippen LogP contribution in [0.1, 0.15) is 136 Å². The molecule has 8 nitrogen and oxygen atoms in total. The highest BCUT2D eigenvalue weighted by molar-refractivity contribution is 8.77. The Morgan fingerprint density at radius 3 is 2.10 bits per heavy atom. The molecule has 2 saturated carbocycles. The lowest BCUT2D eigenvalue weighted by Crippen LogP contribution is -2.68. The van der Waals surface area contributed by atoms with Crippen LogP contribution < -0.4 is 4.74 Å². The summed E-state index contributed by atoms with van der Waals surface area (Å²) in [6, 6.07) is 9.27. The molecule has 1 aromatic rings. The molecule has 0 aliphatic heterocycles. The molecule has 0 bridgehead atoms. The summed E-state index contributed by atoms with van der Waals surface area (Å²) in [7, 11) is 4.03. The Balaban J connectivity index is 1.14. The van der Waals surface area contributed by atoms with Crippen molar-refractivity contribution in [1.29, 1.82) is 5.26 Å². The standard InChI is InChI=1S/C47H73F9N3O5PS2/c1-33(2)59(34(3)4)65(64-27-13-23-57)63-26-11-9-10-12-31-66-67-42(5,6)22-28-60-36-15-17-37-35(32-36)14-16-39-38(37)20-21-43(7)40(39)18-19-41(43)61-29-24-58(8)25-30-62-44(45(48,49)50,46(51,52)53)47(54,55)56/h15,17,32-34,38-41H,9-14,16,18-22,24-31H2,1-8H3/t38?,39?,40?,41-,43-,65?/m0/s1. The quantitative estimate of drug-likeness (QED) is 0.0351. The summed E-state index contributed by atoms with van der Waals surface area (Å²) >= 11 is 0. The maximum absolute atomic E-state index is 13.2. The molecule has 0 N–H and O–H groups in total. The summed E-state index contributed by atoms with van der Waals surface area (Å²) in [4.78, 5) is 1.31. The normalized spacial score (nSPS) is 23.2. The lowest BCUT2D eigenvalue weighted by atomic mass is 9.55. The number of nitrogens with zero attached hydrogens (tertiary/aromatic N) is 3. The van der Waals surface area contributed by atoms with Gasteiger partial charge in [0.15, 0.2) is 0 Å². The number of hydrogen-bond acceptors (Lipinski definition) is 10. The third-order valence-corrected chi connectivity index (χ3v) is 19.2. The Hall–Kier alpha value is -1.23. The van der Waals surface area contributed by atoms with Gasteiger partial charge in [-0.1, -0.05) is 47.4 Å². The molecule has 67 heavy (non-hydrogen) atoms. The number of rotatable bonds is 28. The fourth-order valence-electron chi connectivity index (χ4n) is 10.1. The van der Waals surface area contributed by atoms with Crippen molar-refractivity contribution in [2.75, 3.05) is 58.9 Å². The van der Waals surface area contributed by atoms with Gasteiger partial charge < -0.3 is 28.2 Å². The van der Waals surface area contributed by atoms with E-state index in [0.29, 0.717) is 44.0 Å². The minimum atomic E-state index is -6.75. The Morgan fingerprint density at radius 1 is 0.821 bits per heavy atom. The molecule has 3 aliphatic carbocycles. The zero-order chi connectivity index (χ0) is 49.8. The van der Waals surface area contributed by atoms with Crippen LogP contribution in [0.3, 0.4) is 0 Å². The predicted octanol–water partition coefficient (Wildman–Crippen LogP) is 14.1. The SMILES string of the molecule is CC(C)N(C(C)C)P(OCCC#N)OCCCCCCSSC(C)(C)CCOc1ccc2c(c1)CCC1C2CC[C@@]2(C)C1CC[C@@H]2OCCN(C)CCOC(C(F)(F)F)(C(F)(F)F)C(F)(F)F. The van der Waals surface area contributed by atoms with Crippen molar-refractivity contribution in [3.63, 3.8) is 0 Å². The Labute approximate surface area is 402 Å².